The van der Waals surface area contributed by atoms with Gasteiger partial charge in [-0.25, -0.2) is 13.4 Å². The summed E-state index contributed by atoms with van der Waals surface area (Å²) in [5.41, 5.74) is 2.20. The average molecular weight is 436 g/mol. The molecule has 150 valence electrons. The van der Waals surface area contributed by atoms with Crippen LogP contribution in [0, 0.1) is 0 Å². The van der Waals surface area contributed by atoms with Gasteiger partial charge in [0.05, 0.1) is 15.1 Å². The Morgan fingerprint density at radius 1 is 0.967 bits per heavy atom. The first-order chi connectivity index (χ1) is 14.6. The van der Waals surface area contributed by atoms with Gasteiger partial charge in [0.15, 0.2) is 5.65 Å². The third kappa shape index (κ3) is 3.21. The SMILES string of the molecule is O=S(=O)(c1ccccc1)c1nnn2c1nc(NCCc1ccccc1)c1sccc12. The second-order valence-corrected chi connectivity index (χ2v) is 9.49. The molecule has 0 unspecified atom stereocenters. The largest absolute Gasteiger partial charge is 0.368 e. The third-order valence-electron chi connectivity index (χ3n) is 4.78. The van der Waals surface area contributed by atoms with Crippen molar-refractivity contribution in [2.75, 3.05) is 11.9 Å². The zero-order valence-electron chi connectivity index (χ0n) is 15.8. The van der Waals surface area contributed by atoms with Crippen molar-refractivity contribution >= 4 is 42.9 Å². The summed E-state index contributed by atoms with van der Waals surface area (Å²) in [7, 11) is -3.84. The quantitative estimate of drug-likeness (QED) is 0.436. The first-order valence-corrected chi connectivity index (χ1v) is 11.7. The zero-order chi connectivity index (χ0) is 20.6. The van der Waals surface area contributed by atoms with Crippen molar-refractivity contribution in [1.29, 1.82) is 0 Å². The van der Waals surface area contributed by atoms with Gasteiger partial charge in [-0.2, -0.15) is 4.52 Å². The lowest BCUT2D eigenvalue weighted by atomic mass is 10.1. The van der Waals surface area contributed by atoms with Crippen molar-refractivity contribution < 1.29 is 8.42 Å². The molecular weight excluding hydrogens is 418 g/mol. The Labute approximate surface area is 176 Å². The zero-order valence-corrected chi connectivity index (χ0v) is 17.4. The van der Waals surface area contributed by atoms with E-state index in [0.717, 1.165) is 16.6 Å². The van der Waals surface area contributed by atoms with E-state index in [4.69, 9.17) is 0 Å². The van der Waals surface area contributed by atoms with Gasteiger partial charge in [-0.1, -0.05) is 53.7 Å². The van der Waals surface area contributed by atoms with E-state index in [0.29, 0.717) is 12.4 Å². The first kappa shape index (κ1) is 18.7. The molecule has 5 aromatic rings. The Morgan fingerprint density at radius 2 is 1.70 bits per heavy atom. The lowest BCUT2D eigenvalue weighted by molar-refractivity contribution is 0.592. The van der Waals surface area contributed by atoms with Gasteiger partial charge in [0.2, 0.25) is 14.9 Å². The van der Waals surface area contributed by atoms with Gasteiger partial charge in [0.25, 0.3) is 0 Å². The summed E-state index contributed by atoms with van der Waals surface area (Å²) in [6.07, 6.45) is 0.827. The Balaban J connectivity index is 1.56. The van der Waals surface area contributed by atoms with Gasteiger partial charge in [-0.3, -0.25) is 0 Å². The molecule has 5 rings (SSSR count). The van der Waals surface area contributed by atoms with Gasteiger partial charge in [0.1, 0.15) is 5.82 Å². The molecule has 0 aliphatic heterocycles. The Hall–Kier alpha value is -3.30. The monoisotopic (exact) mass is 435 g/mol. The number of anilines is 1. The summed E-state index contributed by atoms with van der Waals surface area (Å²) in [5.74, 6) is 0.634. The average Bonchev–Trinajstić information content (AvgIpc) is 3.42. The number of hydrogen-bond acceptors (Lipinski definition) is 7. The van der Waals surface area contributed by atoms with Crippen LogP contribution in [0.25, 0.3) is 15.9 Å². The minimum atomic E-state index is -3.84. The highest BCUT2D eigenvalue weighted by Gasteiger charge is 2.27. The second-order valence-electron chi connectivity index (χ2n) is 6.70. The van der Waals surface area contributed by atoms with Crippen LogP contribution in [0.3, 0.4) is 0 Å². The van der Waals surface area contributed by atoms with Crippen LogP contribution < -0.4 is 5.32 Å². The molecule has 9 heteroatoms. The molecule has 0 spiro atoms. The van der Waals surface area contributed by atoms with E-state index in [-0.39, 0.29) is 15.6 Å². The van der Waals surface area contributed by atoms with Crippen LogP contribution >= 0.6 is 11.3 Å². The predicted molar refractivity (Wildman–Crippen MR) is 117 cm³/mol. The summed E-state index contributed by atoms with van der Waals surface area (Å²) in [5, 5.41) is 13.2. The molecule has 0 aliphatic rings. The van der Waals surface area contributed by atoms with Gasteiger partial charge in [-0.15, -0.1) is 16.4 Å². The second kappa shape index (κ2) is 7.51. The van der Waals surface area contributed by atoms with Crippen LogP contribution in [-0.2, 0) is 16.3 Å². The summed E-state index contributed by atoms with van der Waals surface area (Å²) >= 11 is 1.53. The maximum Gasteiger partial charge on any atom is 0.229 e. The smallest absolute Gasteiger partial charge is 0.229 e. The number of nitrogens with one attached hydrogen (secondary N) is 1. The van der Waals surface area contributed by atoms with Gasteiger partial charge >= 0.3 is 0 Å². The van der Waals surface area contributed by atoms with Gasteiger partial charge in [0, 0.05) is 6.54 Å². The molecule has 3 heterocycles. The minimum Gasteiger partial charge on any atom is -0.368 e. The molecule has 0 saturated heterocycles. The molecule has 0 radical (unpaired) electrons. The van der Waals surface area contributed by atoms with E-state index >= 15 is 0 Å². The topological polar surface area (TPSA) is 89.2 Å². The summed E-state index contributed by atoms with van der Waals surface area (Å²) in [4.78, 5) is 4.78. The van der Waals surface area contributed by atoms with E-state index in [2.05, 4.69) is 32.7 Å². The highest BCUT2D eigenvalue weighted by Crippen LogP contribution is 2.31. The van der Waals surface area contributed by atoms with Crippen molar-refractivity contribution in [3.63, 3.8) is 0 Å². The Bertz CT molecular complexity index is 1430. The molecule has 0 aliphatic carbocycles. The molecular formula is C21H17N5O2S2. The van der Waals surface area contributed by atoms with Crippen LogP contribution in [0.15, 0.2) is 82.0 Å². The van der Waals surface area contributed by atoms with E-state index < -0.39 is 9.84 Å². The van der Waals surface area contributed by atoms with Crippen LogP contribution in [-0.4, -0.2) is 34.8 Å². The summed E-state index contributed by atoms with van der Waals surface area (Å²) < 4.78 is 28.6. The fourth-order valence-electron chi connectivity index (χ4n) is 3.30. The molecule has 0 fully saturated rings. The van der Waals surface area contributed by atoms with E-state index in [1.165, 1.54) is 21.4 Å². The molecule has 1 N–H and O–H groups in total. The highest BCUT2D eigenvalue weighted by atomic mass is 32.2. The standard InChI is InChI=1S/C21H17N5O2S2/c27-30(28,16-9-5-2-6-10-16)21-20-23-19(22-13-11-15-7-3-1-4-8-15)18-17(12-14-29-18)26(20)25-24-21/h1-10,12,14H,11,13H2,(H,22,23). The number of fused-ring (bicyclic) bond motifs is 3. The number of benzene rings is 2. The normalized spacial score (nSPS) is 11.9. The minimum absolute atomic E-state index is 0.145. The third-order valence-corrected chi connectivity index (χ3v) is 7.36. The summed E-state index contributed by atoms with van der Waals surface area (Å²) in [6.45, 7) is 0.669. The van der Waals surface area contributed by atoms with Crippen LogP contribution in [0.2, 0.25) is 0 Å². The molecule has 3 aromatic heterocycles. The summed E-state index contributed by atoms with van der Waals surface area (Å²) in [6, 6.07) is 20.3. The van der Waals surface area contributed by atoms with Crippen molar-refractivity contribution in [1.82, 2.24) is 19.8 Å². The van der Waals surface area contributed by atoms with Crippen molar-refractivity contribution in [2.24, 2.45) is 0 Å². The number of sulfone groups is 1. The molecule has 2 aromatic carbocycles. The Kier molecular flexibility index (Phi) is 4.68. The Morgan fingerprint density at radius 3 is 2.47 bits per heavy atom. The maximum atomic E-state index is 13.1. The number of thiophene rings is 1. The number of hydrogen-bond donors (Lipinski definition) is 1. The maximum absolute atomic E-state index is 13.1. The number of aromatic nitrogens is 4. The predicted octanol–water partition coefficient (Wildman–Crippen LogP) is 3.83. The fraction of sp³-hybridized carbons (Fsp3) is 0.0952. The lowest BCUT2D eigenvalue weighted by Gasteiger charge is -2.08. The van der Waals surface area contributed by atoms with Crippen LogP contribution in [0.1, 0.15) is 5.56 Å². The van der Waals surface area contributed by atoms with E-state index in [1.54, 1.807) is 30.3 Å². The number of nitrogens with zero attached hydrogens (tertiary/aromatic N) is 4. The molecule has 0 atom stereocenters. The van der Waals surface area contributed by atoms with Crippen molar-refractivity contribution in [2.45, 2.75) is 16.3 Å². The fourth-order valence-corrected chi connectivity index (χ4v) is 5.39. The number of rotatable bonds is 6. The van der Waals surface area contributed by atoms with Gasteiger partial charge in [-0.05, 0) is 35.6 Å². The lowest BCUT2D eigenvalue weighted by Crippen LogP contribution is -2.09. The van der Waals surface area contributed by atoms with Crippen LogP contribution in [0.5, 0.6) is 0 Å². The highest BCUT2D eigenvalue weighted by molar-refractivity contribution is 7.91. The van der Waals surface area contributed by atoms with Crippen LogP contribution in [0.4, 0.5) is 5.82 Å². The molecule has 7 nitrogen and oxygen atoms in total. The van der Waals surface area contributed by atoms with E-state index in [1.807, 2.05) is 29.6 Å². The van der Waals surface area contributed by atoms with Crippen molar-refractivity contribution in [3.8, 4) is 0 Å². The first-order valence-electron chi connectivity index (χ1n) is 9.35. The molecule has 0 amide bonds. The van der Waals surface area contributed by atoms with Crippen molar-refractivity contribution in [3.05, 3.63) is 77.7 Å². The van der Waals surface area contributed by atoms with Gasteiger partial charge < -0.3 is 5.32 Å². The molecule has 0 bridgehead atoms. The van der Waals surface area contributed by atoms with E-state index in [9.17, 15) is 8.42 Å². The molecule has 0 saturated carbocycles. The molecule has 30 heavy (non-hydrogen) atoms.